The molecule has 0 radical (unpaired) electrons. The van der Waals surface area contributed by atoms with E-state index in [-0.39, 0.29) is 6.04 Å². The third-order valence-electron chi connectivity index (χ3n) is 7.00. The van der Waals surface area contributed by atoms with Crippen molar-refractivity contribution in [3.8, 4) is 0 Å². The monoisotopic (exact) mass is 453 g/mol. The SMILES string of the molecule is Cc1ccc(C(c2ccccc2)(c2ccccc2)N(C)C(c2ccccc2)c2ccccc2)cc1. The number of nitrogens with zero attached hydrogens (tertiary/aromatic N) is 1. The molecule has 0 saturated heterocycles. The van der Waals surface area contributed by atoms with Gasteiger partial charge in [-0.1, -0.05) is 151 Å². The zero-order chi connectivity index (χ0) is 24.1. The summed E-state index contributed by atoms with van der Waals surface area (Å²) >= 11 is 0. The first-order valence-electron chi connectivity index (χ1n) is 12.2. The average molecular weight is 454 g/mol. The highest BCUT2D eigenvalue weighted by atomic mass is 15.2. The lowest BCUT2D eigenvalue weighted by Gasteiger charge is -2.47. The van der Waals surface area contributed by atoms with Crippen LogP contribution in [0.3, 0.4) is 0 Å². The second-order valence-corrected chi connectivity index (χ2v) is 9.14. The zero-order valence-corrected chi connectivity index (χ0v) is 20.4. The van der Waals surface area contributed by atoms with Gasteiger partial charge in [0, 0.05) is 0 Å². The minimum Gasteiger partial charge on any atom is -0.278 e. The van der Waals surface area contributed by atoms with Crippen molar-refractivity contribution in [3.63, 3.8) is 0 Å². The largest absolute Gasteiger partial charge is 0.278 e. The van der Waals surface area contributed by atoms with Gasteiger partial charge in [0.05, 0.1) is 11.6 Å². The summed E-state index contributed by atoms with van der Waals surface area (Å²) < 4.78 is 0. The van der Waals surface area contributed by atoms with Gasteiger partial charge in [0.25, 0.3) is 0 Å². The average Bonchev–Trinajstić information content (AvgIpc) is 2.93. The summed E-state index contributed by atoms with van der Waals surface area (Å²) in [5.74, 6) is 0. The Hall–Kier alpha value is -3.94. The van der Waals surface area contributed by atoms with E-state index in [1.807, 2.05) is 0 Å². The number of aryl methyl sites for hydroxylation is 1. The van der Waals surface area contributed by atoms with Gasteiger partial charge in [-0.15, -0.1) is 0 Å². The summed E-state index contributed by atoms with van der Waals surface area (Å²) in [6.07, 6.45) is 0. The molecule has 0 aliphatic rings. The fraction of sp³-hybridized carbons (Fsp3) is 0.118. The molecule has 5 rings (SSSR count). The van der Waals surface area contributed by atoms with Gasteiger partial charge in [-0.05, 0) is 41.8 Å². The van der Waals surface area contributed by atoms with Crippen LogP contribution >= 0.6 is 0 Å². The molecule has 1 heteroatoms. The molecule has 5 aromatic rings. The molecule has 0 spiro atoms. The molecule has 35 heavy (non-hydrogen) atoms. The smallest absolute Gasteiger partial charge is 0.0978 e. The molecule has 172 valence electrons. The summed E-state index contributed by atoms with van der Waals surface area (Å²) in [6.45, 7) is 2.15. The Bertz CT molecular complexity index is 1250. The van der Waals surface area contributed by atoms with Crippen molar-refractivity contribution in [2.45, 2.75) is 18.5 Å². The zero-order valence-electron chi connectivity index (χ0n) is 20.4. The van der Waals surface area contributed by atoms with Crippen molar-refractivity contribution in [3.05, 3.63) is 179 Å². The Balaban J connectivity index is 1.85. The van der Waals surface area contributed by atoms with Gasteiger partial charge in [0.15, 0.2) is 0 Å². The van der Waals surface area contributed by atoms with Crippen LogP contribution in [0.2, 0.25) is 0 Å². The molecule has 1 nitrogen and oxygen atoms in total. The number of rotatable bonds is 7. The fourth-order valence-electron chi connectivity index (χ4n) is 5.37. The maximum Gasteiger partial charge on any atom is 0.0978 e. The van der Waals surface area contributed by atoms with E-state index in [9.17, 15) is 0 Å². The summed E-state index contributed by atoms with van der Waals surface area (Å²) in [5.41, 5.74) is 7.03. The second kappa shape index (κ2) is 10.1. The molecular weight excluding hydrogens is 422 g/mol. The molecule has 0 bridgehead atoms. The lowest BCUT2D eigenvalue weighted by atomic mass is 9.74. The van der Waals surface area contributed by atoms with Gasteiger partial charge in [-0.3, -0.25) is 4.90 Å². The number of benzene rings is 5. The van der Waals surface area contributed by atoms with Crippen molar-refractivity contribution in [1.29, 1.82) is 0 Å². The van der Waals surface area contributed by atoms with E-state index in [4.69, 9.17) is 0 Å². The molecule has 0 aliphatic heterocycles. The maximum atomic E-state index is 2.55. The molecule has 0 aromatic heterocycles. The molecule has 0 amide bonds. The Kier molecular flexibility index (Phi) is 6.61. The maximum absolute atomic E-state index is 2.55. The topological polar surface area (TPSA) is 3.24 Å². The van der Waals surface area contributed by atoms with Gasteiger partial charge < -0.3 is 0 Å². The van der Waals surface area contributed by atoms with E-state index in [1.54, 1.807) is 0 Å². The Labute approximate surface area is 209 Å². The second-order valence-electron chi connectivity index (χ2n) is 9.14. The Morgan fingerprint density at radius 3 is 1.20 bits per heavy atom. The Morgan fingerprint density at radius 2 is 0.800 bits per heavy atom. The number of hydrogen-bond acceptors (Lipinski definition) is 1. The van der Waals surface area contributed by atoms with E-state index in [0.717, 1.165) is 0 Å². The molecule has 0 atom stereocenters. The standard InChI is InChI=1S/C34H31N/c1-27-23-25-32(26-24-27)34(30-19-11-5-12-20-30,31-21-13-6-14-22-31)35(2)33(28-15-7-3-8-16-28)29-17-9-4-10-18-29/h3-26,33H,1-2H3. The van der Waals surface area contributed by atoms with Crippen LogP contribution in [0.25, 0.3) is 0 Å². The highest BCUT2D eigenvalue weighted by Crippen LogP contribution is 2.47. The summed E-state index contributed by atoms with van der Waals surface area (Å²) in [5, 5.41) is 0. The van der Waals surface area contributed by atoms with Crippen molar-refractivity contribution in [2.24, 2.45) is 0 Å². The molecule has 0 fully saturated rings. The highest BCUT2D eigenvalue weighted by Gasteiger charge is 2.43. The predicted molar refractivity (Wildman–Crippen MR) is 146 cm³/mol. The van der Waals surface area contributed by atoms with Crippen LogP contribution in [-0.2, 0) is 5.54 Å². The van der Waals surface area contributed by atoms with E-state index >= 15 is 0 Å². The normalized spacial score (nSPS) is 11.7. The van der Waals surface area contributed by atoms with Crippen LogP contribution < -0.4 is 0 Å². The van der Waals surface area contributed by atoms with E-state index in [1.165, 1.54) is 33.4 Å². The van der Waals surface area contributed by atoms with Gasteiger partial charge in [-0.2, -0.15) is 0 Å². The van der Waals surface area contributed by atoms with Gasteiger partial charge >= 0.3 is 0 Å². The van der Waals surface area contributed by atoms with Crippen LogP contribution in [-0.4, -0.2) is 11.9 Å². The molecular formula is C34H31N. The molecule has 0 saturated carbocycles. The first-order valence-corrected chi connectivity index (χ1v) is 12.2. The van der Waals surface area contributed by atoms with E-state index in [2.05, 4.69) is 164 Å². The van der Waals surface area contributed by atoms with Crippen LogP contribution in [0.1, 0.15) is 39.4 Å². The third-order valence-corrected chi connectivity index (χ3v) is 7.00. The first kappa shape index (κ1) is 22.8. The first-order chi connectivity index (χ1) is 17.2. The van der Waals surface area contributed by atoms with Crippen LogP contribution in [0.4, 0.5) is 0 Å². The minimum absolute atomic E-state index is 0.0408. The third kappa shape index (κ3) is 4.32. The molecule has 0 N–H and O–H groups in total. The quantitative estimate of drug-likeness (QED) is 0.226. The predicted octanol–water partition coefficient (Wildman–Crippen LogP) is 8.01. The lowest BCUT2D eigenvalue weighted by Crippen LogP contribution is -2.48. The molecule has 0 unspecified atom stereocenters. The van der Waals surface area contributed by atoms with Crippen molar-refractivity contribution >= 4 is 0 Å². The molecule has 0 aliphatic carbocycles. The van der Waals surface area contributed by atoms with Crippen LogP contribution in [0.5, 0.6) is 0 Å². The fourth-order valence-corrected chi connectivity index (χ4v) is 5.37. The van der Waals surface area contributed by atoms with Crippen molar-refractivity contribution in [2.75, 3.05) is 7.05 Å². The van der Waals surface area contributed by atoms with Crippen molar-refractivity contribution < 1.29 is 0 Å². The van der Waals surface area contributed by atoms with Crippen molar-refractivity contribution in [1.82, 2.24) is 4.90 Å². The summed E-state index contributed by atoms with van der Waals surface area (Å²) in [4.78, 5) is 2.55. The summed E-state index contributed by atoms with van der Waals surface area (Å²) in [7, 11) is 2.27. The van der Waals surface area contributed by atoms with E-state index < -0.39 is 5.54 Å². The highest BCUT2D eigenvalue weighted by molar-refractivity contribution is 5.51. The minimum atomic E-state index is -0.507. The van der Waals surface area contributed by atoms with Crippen LogP contribution in [0, 0.1) is 6.92 Å². The van der Waals surface area contributed by atoms with Gasteiger partial charge in [0.2, 0.25) is 0 Å². The Morgan fingerprint density at radius 1 is 0.457 bits per heavy atom. The molecule has 0 heterocycles. The van der Waals surface area contributed by atoms with Gasteiger partial charge in [-0.25, -0.2) is 0 Å². The number of hydrogen-bond donors (Lipinski definition) is 0. The lowest BCUT2D eigenvalue weighted by molar-refractivity contribution is 0.158. The molecule has 5 aromatic carbocycles. The van der Waals surface area contributed by atoms with Gasteiger partial charge in [0.1, 0.15) is 0 Å². The van der Waals surface area contributed by atoms with Crippen LogP contribution in [0.15, 0.2) is 146 Å². The van der Waals surface area contributed by atoms with E-state index in [0.29, 0.717) is 0 Å². The summed E-state index contributed by atoms with van der Waals surface area (Å²) in [6, 6.07) is 52.6.